The number of rotatable bonds is 5. The van der Waals surface area contributed by atoms with E-state index in [1.165, 1.54) is 22.5 Å². The van der Waals surface area contributed by atoms with Gasteiger partial charge in [-0.05, 0) is 37.1 Å². The molecule has 8 heteroatoms. The average molecular weight is 394 g/mol. The Hall–Kier alpha value is -2.32. The third kappa shape index (κ3) is 4.51. The third-order valence-corrected chi connectivity index (χ3v) is 6.51. The van der Waals surface area contributed by atoms with Crippen molar-refractivity contribution in [2.24, 2.45) is 0 Å². The summed E-state index contributed by atoms with van der Waals surface area (Å²) in [6.07, 6.45) is 2.07. The lowest BCUT2D eigenvalue weighted by Gasteiger charge is -2.34. The zero-order chi connectivity index (χ0) is 19.4. The molecule has 1 atom stereocenters. The Balaban J connectivity index is 1.73. The number of carbonyl (C=O) groups excluding carboxylic acids is 1. The highest BCUT2D eigenvalue weighted by Gasteiger charge is 2.34. The molecular formula is C19H20F2N2O3S. The van der Waals surface area contributed by atoms with Crippen molar-refractivity contribution >= 4 is 21.6 Å². The van der Waals surface area contributed by atoms with E-state index in [2.05, 4.69) is 5.32 Å². The number of amides is 1. The van der Waals surface area contributed by atoms with Gasteiger partial charge in [0.05, 0.1) is 4.90 Å². The van der Waals surface area contributed by atoms with Crippen molar-refractivity contribution in [2.45, 2.75) is 36.6 Å². The molecule has 0 bridgehead atoms. The molecule has 1 fully saturated rings. The number of nitrogens with one attached hydrogen (secondary N) is 1. The predicted octanol–water partition coefficient (Wildman–Crippen LogP) is 3.54. The minimum absolute atomic E-state index is 0.0505. The molecule has 144 valence electrons. The van der Waals surface area contributed by atoms with Gasteiger partial charge in [-0.3, -0.25) is 4.79 Å². The number of piperidine rings is 1. The number of anilines is 1. The lowest BCUT2D eigenvalue weighted by Crippen LogP contribution is -2.45. The number of hydrogen-bond acceptors (Lipinski definition) is 3. The molecule has 1 saturated heterocycles. The van der Waals surface area contributed by atoms with Crippen LogP contribution >= 0.6 is 0 Å². The molecule has 0 spiro atoms. The number of benzene rings is 2. The first-order valence-corrected chi connectivity index (χ1v) is 10.1. The molecule has 1 aliphatic rings. The molecule has 0 aliphatic carbocycles. The second-order valence-electron chi connectivity index (χ2n) is 6.46. The van der Waals surface area contributed by atoms with E-state index in [0.717, 1.165) is 25.0 Å². The van der Waals surface area contributed by atoms with Gasteiger partial charge >= 0.3 is 0 Å². The number of sulfonamides is 1. The Bertz CT molecular complexity index is 920. The van der Waals surface area contributed by atoms with Gasteiger partial charge in [-0.2, -0.15) is 4.31 Å². The number of halogens is 2. The van der Waals surface area contributed by atoms with Crippen LogP contribution in [0.4, 0.5) is 14.5 Å². The number of hydrogen-bond donors (Lipinski definition) is 1. The van der Waals surface area contributed by atoms with E-state index in [9.17, 15) is 22.0 Å². The zero-order valence-corrected chi connectivity index (χ0v) is 15.4. The van der Waals surface area contributed by atoms with Crippen LogP contribution in [0.15, 0.2) is 53.4 Å². The number of nitrogens with zero attached hydrogens (tertiary/aromatic N) is 1. The SMILES string of the molecule is O=C(C[C@H]1CCCCN1S(=O)(=O)c1ccccc1)Nc1ccc(F)c(F)c1. The van der Waals surface area contributed by atoms with E-state index in [1.807, 2.05) is 0 Å². The summed E-state index contributed by atoms with van der Waals surface area (Å²) in [6.45, 7) is 0.348. The van der Waals surface area contributed by atoms with E-state index in [0.29, 0.717) is 13.0 Å². The Kier molecular flexibility index (Phi) is 5.86. The fourth-order valence-corrected chi connectivity index (χ4v) is 4.94. The van der Waals surface area contributed by atoms with Gasteiger partial charge < -0.3 is 5.32 Å². The van der Waals surface area contributed by atoms with Gasteiger partial charge in [-0.1, -0.05) is 24.6 Å². The van der Waals surface area contributed by atoms with Crippen LogP contribution < -0.4 is 5.32 Å². The van der Waals surface area contributed by atoms with Gasteiger partial charge in [0, 0.05) is 30.8 Å². The van der Waals surface area contributed by atoms with Crippen molar-refractivity contribution in [2.75, 3.05) is 11.9 Å². The second kappa shape index (κ2) is 8.14. The van der Waals surface area contributed by atoms with Crippen LogP contribution in [-0.2, 0) is 14.8 Å². The van der Waals surface area contributed by atoms with Crippen molar-refractivity contribution in [3.8, 4) is 0 Å². The fourth-order valence-electron chi connectivity index (χ4n) is 3.22. The summed E-state index contributed by atoms with van der Waals surface area (Å²) in [7, 11) is -3.70. The molecule has 1 aliphatic heterocycles. The summed E-state index contributed by atoms with van der Waals surface area (Å²) in [5, 5.41) is 2.50. The standard InChI is InChI=1S/C19H20F2N2O3S/c20-17-10-9-14(12-18(17)21)22-19(24)13-15-6-4-5-11-23(15)27(25,26)16-7-2-1-3-8-16/h1-3,7-10,12,15H,4-6,11,13H2,(H,22,24)/t15-/m1/s1. The van der Waals surface area contributed by atoms with Gasteiger partial charge in [0.1, 0.15) is 0 Å². The molecule has 0 radical (unpaired) electrons. The summed E-state index contributed by atoms with van der Waals surface area (Å²) in [6, 6.07) is 10.7. The molecule has 2 aromatic carbocycles. The monoisotopic (exact) mass is 394 g/mol. The molecule has 5 nitrogen and oxygen atoms in total. The average Bonchev–Trinajstić information content (AvgIpc) is 2.66. The summed E-state index contributed by atoms with van der Waals surface area (Å²) in [5.74, 6) is -2.50. The van der Waals surface area contributed by atoms with E-state index >= 15 is 0 Å². The normalized spacial score (nSPS) is 18.2. The summed E-state index contributed by atoms with van der Waals surface area (Å²) in [5.41, 5.74) is 0.132. The van der Waals surface area contributed by atoms with Crippen LogP contribution in [0.1, 0.15) is 25.7 Å². The Morgan fingerprint density at radius 3 is 2.52 bits per heavy atom. The molecular weight excluding hydrogens is 374 g/mol. The maximum atomic E-state index is 13.3. The summed E-state index contributed by atoms with van der Waals surface area (Å²) in [4.78, 5) is 12.5. The van der Waals surface area contributed by atoms with Crippen molar-refractivity contribution in [3.05, 3.63) is 60.2 Å². The lowest BCUT2D eigenvalue weighted by atomic mass is 10.0. The van der Waals surface area contributed by atoms with Crippen LogP contribution in [0.3, 0.4) is 0 Å². The van der Waals surface area contributed by atoms with Crippen LogP contribution in [0.2, 0.25) is 0 Å². The fraction of sp³-hybridized carbons (Fsp3) is 0.316. The van der Waals surface area contributed by atoms with Crippen LogP contribution in [0.5, 0.6) is 0 Å². The van der Waals surface area contributed by atoms with Crippen molar-refractivity contribution in [1.82, 2.24) is 4.31 Å². The highest BCUT2D eigenvalue weighted by atomic mass is 32.2. The minimum Gasteiger partial charge on any atom is -0.326 e. The largest absolute Gasteiger partial charge is 0.326 e. The van der Waals surface area contributed by atoms with Crippen LogP contribution in [-0.4, -0.2) is 31.2 Å². The highest BCUT2D eigenvalue weighted by Crippen LogP contribution is 2.27. The molecule has 0 unspecified atom stereocenters. The summed E-state index contributed by atoms with van der Waals surface area (Å²) < 4.78 is 53.5. The Morgan fingerprint density at radius 1 is 1.07 bits per heavy atom. The molecule has 1 amide bonds. The molecule has 3 rings (SSSR count). The van der Waals surface area contributed by atoms with Gasteiger partial charge in [0.25, 0.3) is 0 Å². The van der Waals surface area contributed by atoms with Crippen molar-refractivity contribution < 1.29 is 22.0 Å². The molecule has 0 aromatic heterocycles. The Labute approximate surface area is 157 Å². The molecule has 0 saturated carbocycles. The van der Waals surface area contributed by atoms with Gasteiger partial charge in [0.15, 0.2) is 11.6 Å². The lowest BCUT2D eigenvalue weighted by molar-refractivity contribution is -0.117. The molecule has 2 aromatic rings. The van der Waals surface area contributed by atoms with E-state index in [1.54, 1.807) is 18.2 Å². The van der Waals surface area contributed by atoms with E-state index in [4.69, 9.17) is 0 Å². The number of carbonyl (C=O) groups is 1. The zero-order valence-electron chi connectivity index (χ0n) is 14.6. The maximum absolute atomic E-state index is 13.3. The first-order chi connectivity index (χ1) is 12.9. The van der Waals surface area contributed by atoms with Gasteiger partial charge in [-0.15, -0.1) is 0 Å². The van der Waals surface area contributed by atoms with Crippen molar-refractivity contribution in [3.63, 3.8) is 0 Å². The minimum atomic E-state index is -3.70. The molecule has 27 heavy (non-hydrogen) atoms. The summed E-state index contributed by atoms with van der Waals surface area (Å²) >= 11 is 0. The highest BCUT2D eigenvalue weighted by molar-refractivity contribution is 7.89. The predicted molar refractivity (Wildman–Crippen MR) is 97.6 cm³/mol. The van der Waals surface area contributed by atoms with Gasteiger partial charge in [0.2, 0.25) is 15.9 Å². The van der Waals surface area contributed by atoms with Crippen LogP contribution in [0.25, 0.3) is 0 Å². The maximum Gasteiger partial charge on any atom is 0.243 e. The van der Waals surface area contributed by atoms with Crippen LogP contribution in [0, 0.1) is 11.6 Å². The molecule has 1 heterocycles. The Morgan fingerprint density at radius 2 is 1.81 bits per heavy atom. The molecule has 1 N–H and O–H groups in total. The topological polar surface area (TPSA) is 66.5 Å². The van der Waals surface area contributed by atoms with E-state index in [-0.39, 0.29) is 17.0 Å². The smallest absolute Gasteiger partial charge is 0.243 e. The first kappa shape index (κ1) is 19.4. The third-order valence-electron chi connectivity index (χ3n) is 4.55. The second-order valence-corrected chi connectivity index (χ2v) is 8.35. The van der Waals surface area contributed by atoms with Crippen molar-refractivity contribution in [1.29, 1.82) is 0 Å². The van der Waals surface area contributed by atoms with E-state index < -0.39 is 33.6 Å². The first-order valence-electron chi connectivity index (χ1n) is 8.70. The quantitative estimate of drug-likeness (QED) is 0.844. The van der Waals surface area contributed by atoms with Gasteiger partial charge in [-0.25, -0.2) is 17.2 Å².